The summed E-state index contributed by atoms with van der Waals surface area (Å²) in [4.78, 5) is 2.17. The monoisotopic (exact) mass is 252 g/mol. The molecule has 0 aliphatic rings. The summed E-state index contributed by atoms with van der Waals surface area (Å²) in [6.07, 6.45) is 0. The molecule has 102 valence electrons. The molecule has 1 rings (SSSR count). The Balaban J connectivity index is 2.73. The van der Waals surface area contributed by atoms with Crippen LogP contribution in [0, 0.1) is 11.2 Å². The summed E-state index contributed by atoms with van der Waals surface area (Å²) >= 11 is 0. The summed E-state index contributed by atoms with van der Waals surface area (Å²) in [5.74, 6) is -0.115. The van der Waals surface area contributed by atoms with Crippen molar-refractivity contribution in [2.45, 2.75) is 33.9 Å². The number of benzene rings is 1. The molecule has 0 heterocycles. The molecule has 0 bridgehead atoms. The van der Waals surface area contributed by atoms with Crippen LogP contribution in [0.3, 0.4) is 0 Å². The zero-order chi connectivity index (χ0) is 13.8. The number of nitrogens with zero attached hydrogens (tertiary/aromatic N) is 1. The van der Waals surface area contributed by atoms with Crippen molar-refractivity contribution in [3.05, 3.63) is 35.1 Å². The van der Waals surface area contributed by atoms with E-state index in [9.17, 15) is 4.39 Å². The lowest BCUT2D eigenvalue weighted by Gasteiger charge is -2.26. The smallest absolute Gasteiger partial charge is 0.127 e. The van der Waals surface area contributed by atoms with Gasteiger partial charge in [0.05, 0.1) is 0 Å². The van der Waals surface area contributed by atoms with Crippen LogP contribution in [0.1, 0.15) is 31.9 Å². The van der Waals surface area contributed by atoms with E-state index in [0.717, 1.165) is 24.2 Å². The Kier molecular flexibility index (Phi) is 5.29. The van der Waals surface area contributed by atoms with Crippen LogP contribution in [0.5, 0.6) is 0 Å². The van der Waals surface area contributed by atoms with Crippen molar-refractivity contribution in [3.63, 3.8) is 0 Å². The third kappa shape index (κ3) is 5.15. The van der Waals surface area contributed by atoms with Gasteiger partial charge in [0.2, 0.25) is 0 Å². The maximum Gasteiger partial charge on any atom is 0.127 e. The lowest BCUT2D eigenvalue weighted by Crippen LogP contribution is -2.29. The minimum atomic E-state index is -0.115. The predicted octanol–water partition coefficient (Wildman–Crippen LogP) is 3.02. The highest BCUT2D eigenvalue weighted by molar-refractivity contribution is 5.25. The van der Waals surface area contributed by atoms with Crippen LogP contribution in [-0.2, 0) is 13.1 Å². The second-order valence-corrected chi connectivity index (χ2v) is 6.19. The molecule has 1 aromatic carbocycles. The lowest BCUT2D eigenvalue weighted by atomic mass is 9.96. The van der Waals surface area contributed by atoms with Crippen LogP contribution in [0.2, 0.25) is 0 Å². The maximum absolute atomic E-state index is 13.8. The second-order valence-electron chi connectivity index (χ2n) is 6.19. The molecule has 0 amide bonds. The third-order valence-corrected chi connectivity index (χ3v) is 2.68. The molecule has 0 atom stereocenters. The van der Waals surface area contributed by atoms with E-state index in [-0.39, 0.29) is 11.2 Å². The van der Waals surface area contributed by atoms with Gasteiger partial charge in [-0.1, -0.05) is 32.9 Å². The van der Waals surface area contributed by atoms with Crippen molar-refractivity contribution >= 4 is 0 Å². The molecule has 0 aromatic heterocycles. The average molecular weight is 252 g/mol. The minimum absolute atomic E-state index is 0.115. The molecule has 18 heavy (non-hydrogen) atoms. The van der Waals surface area contributed by atoms with E-state index < -0.39 is 0 Å². The first kappa shape index (κ1) is 15.1. The van der Waals surface area contributed by atoms with Crippen LogP contribution >= 0.6 is 0 Å². The largest absolute Gasteiger partial charge is 0.316 e. The maximum atomic E-state index is 13.8. The molecule has 0 saturated heterocycles. The molecule has 0 aliphatic heterocycles. The predicted molar refractivity (Wildman–Crippen MR) is 75.0 cm³/mol. The van der Waals surface area contributed by atoms with Gasteiger partial charge in [-0.3, -0.25) is 0 Å². The Bertz CT molecular complexity index is 383. The molecule has 0 saturated carbocycles. The van der Waals surface area contributed by atoms with Gasteiger partial charge in [0.25, 0.3) is 0 Å². The molecule has 0 fully saturated rings. The van der Waals surface area contributed by atoms with Crippen molar-refractivity contribution < 1.29 is 4.39 Å². The van der Waals surface area contributed by atoms with Gasteiger partial charge < -0.3 is 10.2 Å². The Morgan fingerprint density at radius 2 is 1.94 bits per heavy atom. The van der Waals surface area contributed by atoms with E-state index in [1.807, 2.05) is 26.2 Å². The summed E-state index contributed by atoms with van der Waals surface area (Å²) in [5, 5.41) is 3.09. The van der Waals surface area contributed by atoms with Crippen molar-refractivity contribution in [3.8, 4) is 0 Å². The Hall–Kier alpha value is -0.930. The normalized spacial score (nSPS) is 12.2. The van der Waals surface area contributed by atoms with Crippen molar-refractivity contribution in [2.75, 3.05) is 20.6 Å². The molecule has 1 aromatic rings. The topological polar surface area (TPSA) is 15.3 Å². The number of rotatable bonds is 5. The van der Waals surface area contributed by atoms with Crippen LogP contribution < -0.4 is 5.32 Å². The van der Waals surface area contributed by atoms with E-state index in [2.05, 4.69) is 31.0 Å². The first-order chi connectivity index (χ1) is 8.31. The standard InChI is InChI=1S/C15H25FN2/c1-15(2,3)11-18(5)10-13-8-12(9-17-4)6-7-14(13)16/h6-8,17H,9-11H2,1-5H3. The van der Waals surface area contributed by atoms with E-state index in [0.29, 0.717) is 6.54 Å². The lowest BCUT2D eigenvalue weighted by molar-refractivity contribution is 0.218. The molecule has 2 nitrogen and oxygen atoms in total. The van der Waals surface area contributed by atoms with Gasteiger partial charge in [0.15, 0.2) is 0 Å². The molecular weight excluding hydrogens is 227 g/mol. The van der Waals surface area contributed by atoms with Crippen LogP contribution in [0.25, 0.3) is 0 Å². The van der Waals surface area contributed by atoms with E-state index >= 15 is 0 Å². The third-order valence-electron chi connectivity index (χ3n) is 2.68. The Morgan fingerprint density at radius 3 is 2.50 bits per heavy atom. The van der Waals surface area contributed by atoms with Crippen molar-refractivity contribution in [1.29, 1.82) is 0 Å². The van der Waals surface area contributed by atoms with Gasteiger partial charge in [-0.05, 0) is 31.1 Å². The van der Waals surface area contributed by atoms with Gasteiger partial charge in [-0.2, -0.15) is 0 Å². The summed E-state index contributed by atoms with van der Waals surface area (Å²) < 4.78 is 13.8. The fourth-order valence-corrected chi connectivity index (χ4v) is 2.22. The van der Waals surface area contributed by atoms with Crippen molar-refractivity contribution in [2.24, 2.45) is 5.41 Å². The molecule has 1 N–H and O–H groups in total. The molecule has 0 spiro atoms. The minimum Gasteiger partial charge on any atom is -0.316 e. The van der Waals surface area contributed by atoms with E-state index in [1.54, 1.807) is 6.07 Å². The van der Waals surface area contributed by atoms with Gasteiger partial charge in [-0.15, -0.1) is 0 Å². The van der Waals surface area contributed by atoms with Crippen LogP contribution in [-0.4, -0.2) is 25.5 Å². The number of hydrogen-bond donors (Lipinski definition) is 1. The second kappa shape index (κ2) is 6.30. The number of hydrogen-bond acceptors (Lipinski definition) is 2. The van der Waals surface area contributed by atoms with E-state index in [4.69, 9.17) is 0 Å². The van der Waals surface area contributed by atoms with Crippen molar-refractivity contribution in [1.82, 2.24) is 10.2 Å². The molecule has 3 heteroatoms. The summed E-state index contributed by atoms with van der Waals surface area (Å²) in [7, 11) is 3.93. The molecule has 0 radical (unpaired) electrons. The summed E-state index contributed by atoms with van der Waals surface area (Å²) in [6.45, 7) is 8.95. The van der Waals surface area contributed by atoms with Crippen LogP contribution in [0.4, 0.5) is 4.39 Å². The zero-order valence-electron chi connectivity index (χ0n) is 12.2. The number of halogens is 1. The first-order valence-electron chi connectivity index (χ1n) is 6.42. The Morgan fingerprint density at radius 1 is 1.28 bits per heavy atom. The molecular formula is C15H25FN2. The summed E-state index contributed by atoms with van der Waals surface area (Å²) in [5.41, 5.74) is 2.13. The van der Waals surface area contributed by atoms with E-state index in [1.165, 1.54) is 0 Å². The van der Waals surface area contributed by atoms with Gasteiger partial charge in [0.1, 0.15) is 5.82 Å². The summed E-state index contributed by atoms with van der Waals surface area (Å²) in [6, 6.07) is 5.34. The highest BCUT2D eigenvalue weighted by Gasteiger charge is 2.15. The first-order valence-corrected chi connectivity index (χ1v) is 6.42. The quantitative estimate of drug-likeness (QED) is 0.866. The average Bonchev–Trinajstić information content (AvgIpc) is 2.20. The molecule has 0 unspecified atom stereocenters. The zero-order valence-corrected chi connectivity index (χ0v) is 12.2. The SMILES string of the molecule is CNCc1ccc(F)c(CN(C)CC(C)(C)C)c1. The Labute approximate surface area is 110 Å². The van der Waals surface area contributed by atoms with Gasteiger partial charge in [-0.25, -0.2) is 4.39 Å². The van der Waals surface area contributed by atoms with Gasteiger partial charge in [0, 0.05) is 25.2 Å². The highest BCUT2D eigenvalue weighted by atomic mass is 19.1. The van der Waals surface area contributed by atoms with Crippen LogP contribution in [0.15, 0.2) is 18.2 Å². The fourth-order valence-electron chi connectivity index (χ4n) is 2.22. The highest BCUT2D eigenvalue weighted by Crippen LogP contribution is 2.18. The molecule has 0 aliphatic carbocycles. The fraction of sp³-hybridized carbons (Fsp3) is 0.600. The number of nitrogens with one attached hydrogen (secondary N) is 1. The van der Waals surface area contributed by atoms with Gasteiger partial charge >= 0.3 is 0 Å².